The average molecular weight is 262 g/mol. The molecule has 78 valence electrons. The van der Waals surface area contributed by atoms with Gasteiger partial charge >= 0.3 is 0 Å². The van der Waals surface area contributed by atoms with Crippen molar-refractivity contribution < 1.29 is 17.2 Å². The van der Waals surface area contributed by atoms with E-state index in [1.165, 1.54) is 0 Å². The molecule has 0 atom stereocenters. The third-order valence-corrected chi connectivity index (χ3v) is 2.94. The van der Waals surface area contributed by atoms with Gasteiger partial charge in [-0.25, -0.2) is 22.2 Å². The highest BCUT2D eigenvalue weighted by Crippen LogP contribution is 2.29. The van der Waals surface area contributed by atoms with Crippen LogP contribution in [-0.4, -0.2) is 13.4 Å². The van der Waals surface area contributed by atoms with E-state index in [1.807, 2.05) is 0 Å². The second-order valence-corrected chi connectivity index (χ2v) is 5.21. The lowest BCUT2D eigenvalue weighted by atomic mass is 10.3. The Morgan fingerprint density at radius 3 is 2.43 bits per heavy atom. The van der Waals surface area contributed by atoms with Crippen LogP contribution in [0.3, 0.4) is 0 Å². The van der Waals surface area contributed by atoms with Gasteiger partial charge in [0.25, 0.3) is 15.5 Å². The van der Waals surface area contributed by atoms with Gasteiger partial charge < -0.3 is 0 Å². The van der Waals surface area contributed by atoms with Gasteiger partial charge in [0.1, 0.15) is 5.15 Å². The van der Waals surface area contributed by atoms with Crippen LogP contribution in [0.5, 0.6) is 0 Å². The maximum absolute atomic E-state index is 12.3. The summed E-state index contributed by atoms with van der Waals surface area (Å²) >= 11 is 5.35. The third kappa shape index (κ3) is 2.52. The second-order valence-electron chi connectivity index (χ2n) is 2.28. The van der Waals surface area contributed by atoms with E-state index in [2.05, 4.69) is 4.98 Å². The fourth-order valence-electron chi connectivity index (χ4n) is 0.799. The van der Waals surface area contributed by atoms with Crippen molar-refractivity contribution in [3.63, 3.8) is 0 Å². The topological polar surface area (TPSA) is 47.0 Å². The van der Waals surface area contributed by atoms with Gasteiger partial charge in [-0.05, 0) is 6.07 Å². The minimum Gasteiger partial charge on any atom is -0.244 e. The molecule has 0 unspecified atom stereocenters. The zero-order valence-electron chi connectivity index (χ0n) is 6.42. The molecule has 0 fully saturated rings. The summed E-state index contributed by atoms with van der Waals surface area (Å²) in [5.41, 5.74) is -0.760. The molecule has 0 aliphatic carbocycles. The molecule has 0 radical (unpaired) electrons. The van der Waals surface area contributed by atoms with Crippen molar-refractivity contribution in [2.75, 3.05) is 0 Å². The van der Waals surface area contributed by atoms with Gasteiger partial charge in [0.2, 0.25) is 0 Å². The maximum atomic E-state index is 12.3. The van der Waals surface area contributed by atoms with E-state index >= 15 is 0 Å². The van der Waals surface area contributed by atoms with Crippen LogP contribution in [-0.2, 0) is 9.05 Å². The van der Waals surface area contributed by atoms with Gasteiger partial charge in [0.05, 0.1) is 10.5 Å². The first-order valence-corrected chi connectivity index (χ1v) is 5.89. The van der Waals surface area contributed by atoms with E-state index in [9.17, 15) is 17.2 Å². The molecule has 0 saturated carbocycles. The first-order valence-electron chi connectivity index (χ1n) is 3.20. The summed E-state index contributed by atoms with van der Waals surface area (Å²) in [6.07, 6.45) is -2.29. The standard InChI is InChI=1S/C6H3Cl2F2NO2S/c7-5-1-4(14(8,12)13)3(2-11-5)6(9)10/h1-2,6H. The van der Waals surface area contributed by atoms with Crippen molar-refractivity contribution in [3.8, 4) is 0 Å². The Morgan fingerprint density at radius 2 is 2.00 bits per heavy atom. The first-order chi connectivity index (χ1) is 6.32. The second kappa shape index (κ2) is 3.96. The quantitative estimate of drug-likeness (QED) is 0.608. The number of rotatable bonds is 2. The van der Waals surface area contributed by atoms with E-state index in [0.29, 0.717) is 6.20 Å². The Labute approximate surface area is 88.1 Å². The number of halogens is 4. The molecule has 1 heterocycles. The number of pyridine rings is 1. The Kier molecular flexibility index (Phi) is 3.28. The Hall–Kier alpha value is -0.460. The molecule has 0 aliphatic rings. The molecule has 0 N–H and O–H groups in total. The average Bonchev–Trinajstić information content (AvgIpc) is 2.01. The van der Waals surface area contributed by atoms with E-state index in [-0.39, 0.29) is 5.15 Å². The fourth-order valence-corrected chi connectivity index (χ4v) is 2.10. The Balaban J connectivity index is 3.46. The van der Waals surface area contributed by atoms with Gasteiger partial charge in [-0.15, -0.1) is 0 Å². The molecule has 0 aromatic carbocycles. The Morgan fingerprint density at radius 1 is 1.43 bits per heavy atom. The van der Waals surface area contributed by atoms with Gasteiger partial charge in [-0.3, -0.25) is 0 Å². The lowest BCUT2D eigenvalue weighted by Crippen LogP contribution is -1.99. The first kappa shape index (κ1) is 11.6. The van der Waals surface area contributed by atoms with Crippen LogP contribution in [0.2, 0.25) is 5.15 Å². The highest BCUT2D eigenvalue weighted by atomic mass is 35.7. The number of hydrogen-bond donors (Lipinski definition) is 0. The van der Waals surface area contributed by atoms with Crippen LogP contribution in [0.15, 0.2) is 17.2 Å². The minimum absolute atomic E-state index is 0.214. The fraction of sp³-hybridized carbons (Fsp3) is 0.167. The third-order valence-electron chi connectivity index (χ3n) is 1.36. The summed E-state index contributed by atoms with van der Waals surface area (Å²) in [5, 5.41) is -0.214. The van der Waals surface area contributed by atoms with Crippen LogP contribution in [0.4, 0.5) is 8.78 Å². The molecule has 1 rings (SSSR count). The molecule has 1 aromatic rings. The van der Waals surface area contributed by atoms with E-state index in [1.54, 1.807) is 0 Å². The molecule has 0 bridgehead atoms. The van der Waals surface area contributed by atoms with Crippen LogP contribution in [0.25, 0.3) is 0 Å². The lowest BCUT2D eigenvalue weighted by Gasteiger charge is -2.04. The Bertz CT molecular complexity index is 449. The molecule has 14 heavy (non-hydrogen) atoms. The largest absolute Gasteiger partial charge is 0.266 e. The van der Waals surface area contributed by atoms with Crippen LogP contribution in [0.1, 0.15) is 12.0 Å². The van der Waals surface area contributed by atoms with E-state index < -0.39 is 25.9 Å². The minimum atomic E-state index is -4.23. The molecule has 0 spiro atoms. The summed E-state index contributed by atoms with van der Waals surface area (Å²) < 4.78 is 46.3. The molecule has 0 saturated heterocycles. The highest BCUT2D eigenvalue weighted by molar-refractivity contribution is 8.13. The van der Waals surface area contributed by atoms with Gasteiger partial charge in [0, 0.05) is 16.9 Å². The van der Waals surface area contributed by atoms with Crippen molar-refractivity contribution >= 4 is 31.3 Å². The van der Waals surface area contributed by atoms with Crippen LogP contribution in [0, 0.1) is 0 Å². The number of aromatic nitrogens is 1. The molecule has 0 aliphatic heterocycles. The van der Waals surface area contributed by atoms with Gasteiger partial charge in [0.15, 0.2) is 0 Å². The molecular weight excluding hydrogens is 259 g/mol. The predicted molar refractivity (Wildman–Crippen MR) is 47.2 cm³/mol. The number of alkyl halides is 2. The monoisotopic (exact) mass is 261 g/mol. The SMILES string of the molecule is O=S(=O)(Cl)c1cc(Cl)ncc1C(F)F. The smallest absolute Gasteiger partial charge is 0.244 e. The summed E-state index contributed by atoms with van der Waals surface area (Å²) in [6.45, 7) is 0. The molecule has 8 heteroatoms. The number of hydrogen-bond acceptors (Lipinski definition) is 3. The predicted octanol–water partition coefficient (Wildman–Crippen LogP) is 2.60. The molecule has 3 nitrogen and oxygen atoms in total. The molecule has 0 amide bonds. The van der Waals surface area contributed by atoms with Gasteiger partial charge in [-0.1, -0.05) is 11.6 Å². The van der Waals surface area contributed by atoms with Crippen molar-refractivity contribution in [2.24, 2.45) is 0 Å². The highest BCUT2D eigenvalue weighted by Gasteiger charge is 2.22. The van der Waals surface area contributed by atoms with Gasteiger partial charge in [-0.2, -0.15) is 0 Å². The van der Waals surface area contributed by atoms with Crippen LogP contribution >= 0.6 is 22.3 Å². The summed E-state index contributed by atoms with van der Waals surface area (Å²) in [5.74, 6) is 0. The van der Waals surface area contributed by atoms with Crippen LogP contribution < -0.4 is 0 Å². The number of nitrogens with zero attached hydrogens (tertiary/aromatic N) is 1. The lowest BCUT2D eigenvalue weighted by molar-refractivity contribution is 0.147. The maximum Gasteiger partial charge on any atom is 0.266 e. The molecular formula is C6H3Cl2F2NO2S. The van der Waals surface area contributed by atoms with E-state index in [0.717, 1.165) is 6.07 Å². The zero-order valence-corrected chi connectivity index (χ0v) is 8.74. The van der Waals surface area contributed by atoms with E-state index in [4.69, 9.17) is 22.3 Å². The summed E-state index contributed by atoms with van der Waals surface area (Å²) in [7, 11) is 0.699. The summed E-state index contributed by atoms with van der Waals surface area (Å²) in [6, 6.07) is 0.783. The van der Waals surface area contributed by atoms with Crippen molar-refractivity contribution in [2.45, 2.75) is 11.3 Å². The zero-order chi connectivity index (χ0) is 10.9. The van der Waals surface area contributed by atoms with Crippen molar-refractivity contribution in [3.05, 3.63) is 23.0 Å². The van der Waals surface area contributed by atoms with Crippen molar-refractivity contribution in [1.82, 2.24) is 4.98 Å². The van der Waals surface area contributed by atoms with Crippen molar-refractivity contribution in [1.29, 1.82) is 0 Å². The molecule has 1 aromatic heterocycles. The normalized spacial score (nSPS) is 12.1. The summed E-state index contributed by atoms with van der Waals surface area (Å²) in [4.78, 5) is 2.62.